The Labute approximate surface area is 132 Å². The SMILES string of the molecule is Cc1ccc2nc(CCCl)n(-c3ccc(Cl)cc3F)c2c1. The fraction of sp³-hybridized carbons (Fsp3) is 0.188. The van der Waals surface area contributed by atoms with Gasteiger partial charge in [0.05, 0.1) is 16.7 Å². The number of rotatable bonds is 3. The highest BCUT2D eigenvalue weighted by molar-refractivity contribution is 6.30. The first-order valence-electron chi connectivity index (χ1n) is 6.59. The molecule has 108 valence electrons. The van der Waals surface area contributed by atoms with E-state index in [1.165, 1.54) is 6.07 Å². The molecule has 2 aromatic carbocycles. The van der Waals surface area contributed by atoms with Crippen molar-refractivity contribution in [3.63, 3.8) is 0 Å². The lowest BCUT2D eigenvalue weighted by atomic mass is 10.2. The fourth-order valence-electron chi connectivity index (χ4n) is 2.42. The van der Waals surface area contributed by atoms with Gasteiger partial charge in [0.25, 0.3) is 0 Å². The van der Waals surface area contributed by atoms with Crippen molar-refractivity contribution in [1.82, 2.24) is 9.55 Å². The average molecular weight is 323 g/mol. The first-order chi connectivity index (χ1) is 10.1. The number of benzene rings is 2. The number of aryl methyl sites for hydroxylation is 2. The maximum Gasteiger partial charge on any atom is 0.148 e. The van der Waals surface area contributed by atoms with Gasteiger partial charge in [-0.25, -0.2) is 9.37 Å². The molecular formula is C16H13Cl2FN2. The average Bonchev–Trinajstić information content (AvgIpc) is 2.77. The normalized spacial score (nSPS) is 11.2. The van der Waals surface area contributed by atoms with E-state index in [4.69, 9.17) is 23.2 Å². The van der Waals surface area contributed by atoms with E-state index in [1.807, 2.05) is 29.7 Å². The van der Waals surface area contributed by atoms with Crippen molar-refractivity contribution in [3.05, 3.63) is 58.6 Å². The quantitative estimate of drug-likeness (QED) is 0.626. The third-order valence-corrected chi connectivity index (χ3v) is 3.77. The third-order valence-electron chi connectivity index (χ3n) is 3.35. The molecule has 0 spiro atoms. The Hall–Kier alpha value is -1.58. The molecule has 0 saturated heterocycles. The van der Waals surface area contributed by atoms with Crippen LogP contribution in [0.5, 0.6) is 0 Å². The van der Waals surface area contributed by atoms with Gasteiger partial charge in [-0.1, -0.05) is 17.7 Å². The molecule has 3 aromatic rings. The Morgan fingerprint density at radius 3 is 2.71 bits per heavy atom. The summed E-state index contributed by atoms with van der Waals surface area (Å²) in [6, 6.07) is 10.6. The maximum absolute atomic E-state index is 14.3. The summed E-state index contributed by atoms with van der Waals surface area (Å²) in [5.41, 5.74) is 3.23. The largest absolute Gasteiger partial charge is 0.293 e. The Morgan fingerprint density at radius 1 is 1.19 bits per heavy atom. The third kappa shape index (κ3) is 2.63. The van der Waals surface area contributed by atoms with Gasteiger partial charge in [-0.3, -0.25) is 4.57 Å². The zero-order valence-corrected chi connectivity index (χ0v) is 12.9. The van der Waals surface area contributed by atoms with E-state index in [2.05, 4.69) is 4.98 Å². The number of halogens is 3. The van der Waals surface area contributed by atoms with Crippen molar-refractivity contribution in [3.8, 4) is 5.69 Å². The highest BCUT2D eigenvalue weighted by atomic mass is 35.5. The van der Waals surface area contributed by atoms with E-state index in [0.29, 0.717) is 23.0 Å². The van der Waals surface area contributed by atoms with E-state index < -0.39 is 0 Å². The van der Waals surface area contributed by atoms with Gasteiger partial charge in [-0.05, 0) is 42.8 Å². The highest BCUT2D eigenvalue weighted by Crippen LogP contribution is 2.26. The maximum atomic E-state index is 14.3. The van der Waals surface area contributed by atoms with Gasteiger partial charge in [0, 0.05) is 17.3 Å². The molecule has 0 fully saturated rings. The zero-order valence-electron chi connectivity index (χ0n) is 11.4. The molecular weight excluding hydrogens is 310 g/mol. The molecule has 0 aliphatic heterocycles. The first kappa shape index (κ1) is 14.4. The van der Waals surface area contributed by atoms with Gasteiger partial charge in [-0.2, -0.15) is 0 Å². The minimum atomic E-state index is -0.376. The van der Waals surface area contributed by atoms with Crippen LogP contribution in [-0.4, -0.2) is 15.4 Å². The molecule has 0 N–H and O–H groups in total. The van der Waals surface area contributed by atoms with Crippen molar-refractivity contribution < 1.29 is 4.39 Å². The van der Waals surface area contributed by atoms with Crippen molar-refractivity contribution in [2.75, 3.05) is 5.88 Å². The van der Waals surface area contributed by atoms with Crippen LogP contribution in [0.3, 0.4) is 0 Å². The molecule has 5 heteroatoms. The van der Waals surface area contributed by atoms with Gasteiger partial charge in [0.1, 0.15) is 11.6 Å². The lowest BCUT2D eigenvalue weighted by Gasteiger charge is -2.10. The summed E-state index contributed by atoms with van der Waals surface area (Å²) < 4.78 is 16.1. The predicted molar refractivity (Wildman–Crippen MR) is 85.2 cm³/mol. The molecule has 3 rings (SSSR count). The van der Waals surface area contributed by atoms with Gasteiger partial charge in [-0.15, -0.1) is 11.6 Å². The minimum absolute atomic E-state index is 0.371. The number of nitrogens with zero attached hydrogens (tertiary/aromatic N) is 2. The minimum Gasteiger partial charge on any atom is -0.293 e. The number of alkyl halides is 1. The summed E-state index contributed by atoms with van der Waals surface area (Å²) >= 11 is 11.7. The van der Waals surface area contributed by atoms with Crippen LogP contribution in [0.4, 0.5) is 4.39 Å². The lowest BCUT2D eigenvalue weighted by Crippen LogP contribution is -2.04. The summed E-state index contributed by atoms with van der Waals surface area (Å²) in [7, 11) is 0. The van der Waals surface area contributed by atoms with Gasteiger partial charge in [0.15, 0.2) is 0 Å². The Balaban J connectivity index is 2.32. The molecule has 0 unspecified atom stereocenters. The summed E-state index contributed by atoms with van der Waals surface area (Å²) in [6.45, 7) is 2.00. The molecule has 0 aliphatic rings. The number of imidazole rings is 1. The number of hydrogen-bond acceptors (Lipinski definition) is 1. The van der Waals surface area contributed by atoms with Crippen LogP contribution >= 0.6 is 23.2 Å². The zero-order chi connectivity index (χ0) is 15.0. The van der Waals surface area contributed by atoms with E-state index in [1.54, 1.807) is 12.1 Å². The van der Waals surface area contributed by atoms with Crippen LogP contribution in [-0.2, 0) is 6.42 Å². The number of aromatic nitrogens is 2. The predicted octanol–water partition coefficient (Wildman–Crippen LogP) is 4.91. The Morgan fingerprint density at radius 2 is 2.00 bits per heavy atom. The summed E-state index contributed by atoms with van der Waals surface area (Å²) in [4.78, 5) is 4.56. The van der Waals surface area contributed by atoms with Crippen molar-refractivity contribution in [1.29, 1.82) is 0 Å². The van der Waals surface area contributed by atoms with Gasteiger partial charge in [0.2, 0.25) is 0 Å². The van der Waals surface area contributed by atoms with E-state index in [0.717, 1.165) is 22.4 Å². The van der Waals surface area contributed by atoms with E-state index in [-0.39, 0.29) is 5.82 Å². The first-order valence-corrected chi connectivity index (χ1v) is 7.51. The molecule has 0 amide bonds. The molecule has 21 heavy (non-hydrogen) atoms. The molecule has 2 nitrogen and oxygen atoms in total. The van der Waals surface area contributed by atoms with E-state index >= 15 is 0 Å². The van der Waals surface area contributed by atoms with Crippen molar-refractivity contribution in [2.24, 2.45) is 0 Å². The summed E-state index contributed by atoms with van der Waals surface area (Å²) in [5.74, 6) is 0.795. The second-order valence-electron chi connectivity index (χ2n) is 4.89. The Bertz CT molecular complexity index is 811. The number of hydrogen-bond donors (Lipinski definition) is 0. The summed E-state index contributed by atoms with van der Waals surface area (Å²) in [5, 5.41) is 0.371. The number of fused-ring (bicyclic) bond motifs is 1. The van der Waals surface area contributed by atoms with Crippen LogP contribution in [0.25, 0.3) is 16.7 Å². The monoisotopic (exact) mass is 322 g/mol. The van der Waals surface area contributed by atoms with Crippen LogP contribution in [0, 0.1) is 12.7 Å². The van der Waals surface area contributed by atoms with Crippen LogP contribution in [0.15, 0.2) is 36.4 Å². The van der Waals surface area contributed by atoms with E-state index in [9.17, 15) is 4.39 Å². The summed E-state index contributed by atoms with van der Waals surface area (Å²) in [6.07, 6.45) is 0.567. The van der Waals surface area contributed by atoms with Crippen LogP contribution in [0.2, 0.25) is 5.02 Å². The van der Waals surface area contributed by atoms with Crippen LogP contribution < -0.4 is 0 Å². The standard InChI is InChI=1S/C16H13Cl2FN2/c1-10-2-4-13-15(8-10)21(16(20-13)6-7-17)14-5-3-11(18)9-12(14)19/h2-5,8-9H,6-7H2,1H3. The molecule has 0 saturated carbocycles. The topological polar surface area (TPSA) is 17.8 Å². The van der Waals surface area contributed by atoms with Gasteiger partial charge >= 0.3 is 0 Å². The highest BCUT2D eigenvalue weighted by Gasteiger charge is 2.15. The van der Waals surface area contributed by atoms with Gasteiger partial charge < -0.3 is 0 Å². The smallest absolute Gasteiger partial charge is 0.148 e. The fourth-order valence-corrected chi connectivity index (χ4v) is 2.75. The molecule has 0 atom stereocenters. The molecule has 0 bridgehead atoms. The molecule has 1 heterocycles. The second-order valence-corrected chi connectivity index (χ2v) is 5.70. The van der Waals surface area contributed by atoms with Crippen LogP contribution in [0.1, 0.15) is 11.4 Å². The molecule has 0 aliphatic carbocycles. The Kier molecular flexibility index (Phi) is 3.87. The van der Waals surface area contributed by atoms with Crippen molar-refractivity contribution >= 4 is 34.2 Å². The second kappa shape index (κ2) is 5.66. The lowest BCUT2D eigenvalue weighted by molar-refractivity contribution is 0.617. The van der Waals surface area contributed by atoms with Crippen molar-refractivity contribution in [2.45, 2.75) is 13.3 Å². The molecule has 0 radical (unpaired) electrons. The molecule has 1 aromatic heterocycles.